The lowest BCUT2D eigenvalue weighted by Crippen LogP contribution is -2.15. The van der Waals surface area contributed by atoms with E-state index in [4.69, 9.17) is 15.2 Å². The smallest absolute Gasteiger partial charge is 0.127 e. The Morgan fingerprint density at radius 3 is 2.76 bits per heavy atom. The van der Waals surface area contributed by atoms with E-state index in [1.54, 1.807) is 19.2 Å². The Labute approximate surface area is 102 Å². The summed E-state index contributed by atoms with van der Waals surface area (Å²) in [7, 11) is 1.62. The van der Waals surface area contributed by atoms with Gasteiger partial charge in [-0.05, 0) is 19.4 Å². The van der Waals surface area contributed by atoms with Crippen LogP contribution in [-0.4, -0.2) is 26.9 Å². The lowest BCUT2D eigenvalue weighted by atomic mass is 10.0. The molecule has 2 N–H and O–H groups in total. The molecule has 96 valence electrons. The highest BCUT2D eigenvalue weighted by Gasteiger charge is 2.11. The monoisotopic (exact) mass is 241 g/mol. The number of hydrogen-bond acceptors (Lipinski definition) is 3. The van der Waals surface area contributed by atoms with E-state index in [9.17, 15) is 4.39 Å². The van der Waals surface area contributed by atoms with E-state index in [-0.39, 0.29) is 11.9 Å². The van der Waals surface area contributed by atoms with Gasteiger partial charge in [-0.2, -0.15) is 0 Å². The highest BCUT2D eigenvalue weighted by molar-refractivity contribution is 5.26. The predicted molar refractivity (Wildman–Crippen MR) is 65.4 cm³/mol. The van der Waals surface area contributed by atoms with Gasteiger partial charge in [0.05, 0.1) is 13.2 Å². The number of ether oxygens (including phenoxy) is 2. The van der Waals surface area contributed by atoms with Gasteiger partial charge in [-0.15, -0.1) is 0 Å². The van der Waals surface area contributed by atoms with Crippen molar-refractivity contribution in [2.45, 2.75) is 19.4 Å². The van der Waals surface area contributed by atoms with Crippen LogP contribution >= 0.6 is 0 Å². The molecule has 0 saturated heterocycles. The van der Waals surface area contributed by atoms with Crippen LogP contribution in [0.15, 0.2) is 18.2 Å². The van der Waals surface area contributed by atoms with E-state index in [1.165, 1.54) is 6.07 Å². The first-order valence-corrected chi connectivity index (χ1v) is 5.73. The summed E-state index contributed by atoms with van der Waals surface area (Å²) < 4.78 is 23.7. The molecule has 1 aromatic carbocycles. The third-order valence-electron chi connectivity index (χ3n) is 2.56. The fraction of sp³-hybridized carbons (Fsp3) is 0.538. The number of aryl methyl sites for hydroxylation is 1. The summed E-state index contributed by atoms with van der Waals surface area (Å²) in [5, 5.41) is 0. The highest BCUT2D eigenvalue weighted by Crippen LogP contribution is 2.19. The lowest BCUT2D eigenvalue weighted by Gasteiger charge is -2.13. The summed E-state index contributed by atoms with van der Waals surface area (Å²) >= 11 is 0. The molecule has 0 aliphatic heterocycles. The van der Waals surface area contributed by atoms with Gasteiger partial charge in [-0.25, -0.2) is 4.39 Å². The number of benzene rings is 1. The first kappa shape index (κ1) is 14.1. The maximum atomic E-state index is 13.5. The van der Waals surface area contributed by atoms with Crippen molar-refractivity contribution in [1.29, 1.82) is 0 Å². The van der Waals surface area contributed by atoms with E-state index in [0.717, 1.165) is 5.56 Å². The van der Waals surface area contributed by atoms with E-state index >= 15 is 0 Å². The molecule has 0 heterocycles. The van der Waals surface area contributed by atoms with Gasteiger partial charge in [-0.3, -0.25) is 0 Å². The van der Waals surface area contributed by atoms with Gasteiger partial charge < -0.3 is 15.2 Å². The quantitative estimate of drug-likeness (QED) is 0.744. The van der Waals surface area contributed by atoms with E-state index in [0.29, 0.717) is 31.8 Å². The van der Waals surface area contributed by atoms with Crippen LogP contribution in [0.2, 0.25) is 0 Å². The Kier molecular flexibility index (Phi) is 6.11. The van der Waals surface area contributed by atoms with E-state index < -0.39 is 0 Å². The number of hydrogen-bond donors (Lipinski definition) is 1. The van der Waals surface area contributed by atoms with Crippen LogP contribution < -0.4 is 5.73 Å². The zero-order valence-electron chi connectivity index (χ0n) is 10.4. The molecule has 0 amide bonds. The van der Waals surface area contributed by atoms with E-state index in [1.807, 2.05) is 6.92 Å². The molecule has 3 nitrogen and oxygen atoms in total. The fourth-order valence-electron chi connectivity index (χ4n) is 1.56. The lowest BCUT2D eigenvalue weighted by molar-refractivity contribution is 0.0671. The molecular weight excluding hydrogens is 221 g/mol. The van der Waals surface area contributed by atoms with Crippen LogP contribution in [0.1, 0.15) is 23.6 Å². The molecular formula is C13H20FNO2. The number of halogens is 1. The van der Waals surface area contributed by atoms with Gasteiger partial charge in [0, 0.05) is 25.3 Å². The molecule has 0 aliphatic carbocycles. The van der Waals surface area contributed by atoms with Crippen LogP contribution in [0.25, 0.3) is 0 Å². The van der Waals surface area contributed by atoms with Crippen molar-refractivity contribution in [3.05, 3.63) is 35.1 Å². The molecule has 0 bridgehead atoms. The second kappa shape index (κ2) is 7.37. The van der Waals surface area contributed by atoms with Gasteiger partial charge in [0.25, 0.3) is 0 Å². The van der Waals surface area contributed by atoms with Crippen LogP contribution in [0.5, 0.6) is 0 Å². The minimum absolute atomic E-state index is 0.250. The minimum atomic E-state index is -0.322. The van der Waals surface area contributed by atoms with Crippen molar-refractivity contribution in [1.82, 2.24) is 0 Å². The molecule has 1 atom stereocenters. The molecule has 1 unspecified atom stereocenters. The van der Waals surface area contributed by atoms with Crippen LogP contribution in [0.3, 0.4) is 0 Å². The first-order chi connectivity index (χ1) is 8.15. The molecule has 0 spiro atoms. The second-order valence-electron chi connectivity index (χ2n) is 4.03. The third kappa shape index (κ3) is 4.81. The normalized spacial score (nSPS) is 12.7. The molecule has 0 saturated carbocycles. The van der Waals surface area contributed by atoms with Crippen LogP contribution in [-0.2, 0) is 9.47 Å². The Balaban J connectivity index is 2.41. The Morgan fingerprint density at radius 1 is 1.29 bits per heavy atom. The van der Waals surface area contributed by atoms with Gasteiger partial charge >= 0.3 is 0 Å². The Hall–Kier alpha value is -0.970. The summed E-state index contributed by atoms with van der Waals surface area (Å²) in [6.45, 7) is 3.54. The standard InChI is InChI=1S/C13H20FNO2/c1-10-3-4-12(14)11(9-10)13(15)5-6-17-8-7-16-2/h3-4,9,13H,5-8,15H2,1-2H3. The molecule has 0 radical (unpaired) electrons. The van der Waals surface area contributed by atoms with E-state index in [2.05, 4.69) is 0 Å². The number of rotatable bonds is 7. The van der Waals surface area contributed by atoms with Crippen molar-refractivity contribution >= 4 is 0 Å². The average molecular weight is 241 g/mol. The summed E-state index contributed by atoms with van der Waals surface area (Å²) in [5.74, 6) is -0.250. The summed E-state index contributed by atoms with van der Waals surface area (Å²) in [5.41, 5.74) is 7.50. The van der Waals surface area contributed by atoms with Gasteiger partial charge in [0.15, 0.2) is 0 Å². The molecule has 17 heavy (non-hydrogen) atoms. The largest absolute Gasteiger partial charge is 0.382 e. The van der Waals surface area contributed by atoms with Crippen molar-refractivity contribution < 1.29 is 13.9 Å². The molecule has 1 aromatic rings. The van der Waals surface area contributed by atoms with Crippen molar-refractivity contribution in [3.63, 3.8) is 0 Å². The molecule has 0 aromatic heterocycles. The zero-order chi connectivity index (χ0) is 12.7. The average Bonchev–Trinajstić information content (AvgIpc) is 2.32. The van der Waals surface area contributed by atoms with Crippen LogP contribution in [0, 0.1) is 12.7 Å². The summed E-state index contributed by atoms with van der Waals surface area (Å²) in [6, 6.07) is 4.66. The van der Waals surface area contributed by atoms with Crippen LogP contribution in [0.4, 0.5) is 4.39 Å². The molecule has 0 fully saturated rings. The number of methoxy groups -OCH3 is 1. The SMILES string of the molecule is COCCOCCC(N)c1cc(C)ccc1F. The molecule has 1 rings (SSSR count). The Morgan fingerprint density at radius 2 is 2.06 bits per heavy atom. The topological polar surface area (TPSA) is 44.5 Å². The first-order valence-electron chi connectivity index (χ1n) is 5.73. The van der Waals surface area contributed by atoms with Gasteiger partial charge in [-0.1, -0.05) is 17.7 Å². The second-order valence-corrected chi connectivity index (χ2v) is 4.03. The molecule has 0 aliphatic rings. The molecule has 4 heteroatoms. The summed E-state index contributed by atoms with van der Waals surface area (Å²) in [6.07, 6.45) is 0.601. The summed E-state index contributed by atoms with van der Waals surface area (Å²) in [4.78, 5) is 0. The van der Waals surface area contributed by atoms with Crippen molar-refractivity contribution in [3.8, 4) is 0 Å². The maximum absolute atomic E-state index is 13.5. The Bertz CT molecular complexity index is 344. The third-order valence-corrected chi connectivity index (χ3v) is 2.56. The maximum Gasteiger partial charge on any atom is 0.127 e. The van der Waals surface area contributed by atoms with Crippen molar-refractivity contribution in [2.24, 2.45) is 5.73 Å². The van der Waals surface area contributed by atoms with Gasteiger partial charge in [0.2, 0.25) is 0 Å². The number of nitrogens with two attached hydrogens (primary N) is 1. The van der Waals surface area contributed by atoms with Gasteiger partial charge in [0.1, 0.15) is 5.82 Å². The predicted octanol–water partition coefficient (Wildman–Crippen LogP) is 2.19. The van der Waals surface area contributed by atoms with Crippen molar-refractivity contribution in [2.75, 3.05) is 26.9 Å². The fourth-order valence-corrected chi connectivity index (χ4v) is 1.56. The zero-order valence-corrected chi connectivity index (χ0v) is 10.4. The minimum Gasteiger partial charge on any atom is -0.382 e. The highest BCUT2D eigenvalue weighted by atomic mass is 19.1.